The molecule has 3 aromatic rings. The number of hydrogen-bond donors (Lipinski definition) is 2. The normalized spacial score (nSPS) is 12.2. The number of hydroxylamine groups is 1. The molecule has 0 aliphatic rings. The molecule has 1 aromatic carbocycles. The van der Waals surface area contributed by atoms with E-state index in [9.17, 15) is 10.0 Å². The van der Waals surface area contributed by atoms with Crippen LogP contribution in [0.15, 0.2) is 41.2 Å². The highest BCUT2D eigenvalue weighted by molar-refractivity contribution is 5.78. The molecule has 0 radical (unpaired) electrons. The SMILES string of the molecule is CNc1nc(C[NH+]([O-])c2ccc(N(C)C)cc2)c2ccc(=O)n(C)c2n1. The highest BCUT2D eigenvalue weighted by Gasteiger charge is 2.14. The van der Waals surface area contributed by atoms with Crippen LogP contribution in [0.1, 0.15) is 5.69 Å². The fourth-order valence-electron chi connectivity index (χ4n) is 2.75. The molecule has 0 spiro atoms. The highest BCUT2D eigenvalue weighted by atomic mass is 16.5. The van der Waals surface area contributed by atoms with E-state index in [1.807, 2.05) is 43.3 Å². The molecule has 1 atom stereocenters. The van der Waals surface area contributed by atoms with Gasteiger partial charge >= 0.3 is 0 Å². The Morgan fingerprint density at radius 1 is 1.15 bits per heavy atom. The van der Waals surface area contributed by atoms with Gasteiger partial charge in [-0.25, -0.2) is 4.98 Å². The molecule has 3 rings (SSSR count). The van der Waals surface area contributed by atoms with Crippen molar-refractivity contribution in [3.05, 3.63) is 57.7 Å². The van der Waals surface area contributed by atoms with Crippen molar-refractivity contribution >= 4 is 28.4 Å². The smallest absolute Gasteiger partial charge is 0.251 e. The number of quaternary nitrogens is 1. The van der Waals surface area contributed by atoms with Crippen LogP contribution in [0.5, 0.6) is 0 Å². The Morgan fingerprint density at radius 2 is 1.85 bits per heavy atom. The zero-order valence-electron chi connectivity index (χ0n) is 15.3. The second kappa shape index (κ2) is 7.11. The number of aryl methyl sites for hydroxylation is 1. The molecule has 0 saturated carbocycles. The maximum absolute atomic E-state index is 12.7. The Labute approximate surface area is 151 Å². The minimum atomic E-state index is -0.158. The first-order chi connectivity index (χ1) is 12.4. The van der Waals surface area contributed by atoms with E-state index in [0.717, 1.165) is 5.69 Å². The van der Waals surface area contributed by atoms with E-state index >= 15 is 0 Å². The predicted molar refractivity (Wildman–Crippen MR) is 103 cm³/mol. The van der Waals surface area contributed by atoms with E-state index in [4.69, 9.17) is 0 Å². The first-order valence-corrected chi connectivity index (χ1v) is 8.25. The molecule has 2 heterocycles. The summed E-state index contributed by atoms with van der Waals surface area (Å²) in [6.07, 6.45) is 0. The number of nitrogens with one attached hydrogen (secondary N) is 2. The summed E-state index contributed by atoms with van der Waals surface area (Å²) in [5, 5.41) is 16.3. The Kier molecular flexibility index (Phi) is 4.88. The number of nitrogens with zero attached hydrogens (tertiary/aromatic N) is 4. The van der Waals surface area contributed by atoms with Crippen molar-refractivity contribution in [2.24, 2.45) is 7.05 Å². The summed E-state index contributed by atoms with van der Waals surface area (Å²) in [5.74, 6) is 0.379. The van der Waals surface area contributed by atoms with Crippen LogP contribution in [0.25, 0.3) is 11.0 Å². The van der Waals surface area contributed by atoms with E-state index in [-0.39, 0.29) is 17.2 Å². The standard InChI is InChI=1S/C18H22N6O2/c1-19-18-20-15(14-9-10-16(25)23(4)17(14)21-18)11-24(26)13-7-5-12(6-8-13)22(2)3/h5-10,24H,11H2,1-4H3,(H,19,20,21). The lowest BCUT2D eigenvalue weighted by atomic mass is 10.2. The Morgan fingerprint density at radius 3 is 2.46 bits per heavy atom. The molecule has 2 aromatic heterocycles. The second-order valence-corrected chi connectivity index (χ2v) is 6.25. The van der Waals surface area contributed by atoms with Crippen LogP contribution in [-0.2, 0) is 13.6 Å². The number of hydrogen-bond acceptors (Lipinski definition) is 6. The van der Waals surface area contributed by atoms with Crippen LogP contribution in [0.4, 0.5) is 17.3 Å². The van der Waals surface area contributed by atoms with Crippen LogP contribution in [-0.4, -0.2) is 35.7 Å². The van der Waals surface area contributed by atoms with Gasteiger partial charge in [-0.2, -0.15) is 4.98 Å². The molecule has 8 nitrogen and oxygen atoms in total. The van der Waals surface area contributed by atoms with Crippen molar-refractivity contribution in [3.63, 3.8) is 0 Å². The van der Waals surface area contributed by atoms with Crippen LogP contribution in [0.3, 0.4) is 0 Å². The summed E-state index contributed by atoms with van der Waals surface area (Å²) < 4.78 is 1.46. The lowest BCUT2D eigenvalue weighted by Crippen LogP contribution is -3.00. The number of fused-ring (bicyclic) bond motifs is 1. The highest BCUT2D eigenvalue weighted by Crippen LogP contribution is 2.17. The van der Waals surface area contributed by atoms with E-state index < -0.39 is 0 Å². The number of aromatic nitrogens is 3. The van der Waals surface area contributed by atoms with Crippen LogP contribution in [0, 0.1) is 5.21 Å². The lowest BCUT2D eigenvalue weighted by Gasteiger charge is -2.23. The fourth-order valence-corrected chi connectivity index (χ4v) is 2.75. The third-order valence-corrected chi connectivity index (χ3v) is 4.30. The molecule has 8 heteroatoms. The molecular weight excluding hydrogens is 332 g/mol. The van der Waals surface area contributed by atoms with Gasteiger partial charge in [-0.3, -0.25) is 9.36 Å². The van der Waals surface area contributed by atoms with Crippen molar-refractivity contribution in [2.45, 2.75) is 6.54 Å². The Bertz CT molecular complexity index is 981. The average molecular weight is 354 g/mol. The van der Waals surface area contributed by atoms with Crippen LogP contribution < -0.4 is 20.8 Å². The topological polar surface area (TPSA) is 90.5 Å². The first-order valence-electron chi connectivity index (χ1n) is 8.25. The van der Waals surface area contributed by atoms with Gasteiger partial charge in [0.05, 0.1) is 0 Å². The molecule has 0 saturated heterocycles. The number of benzene rings is 1. The molecule has 0 fully saturated rings. The van der Waals surface area contributed by atoms with Gasteiger partial charge in [0.15, 0.2) is 0 Å². The minimum absolute atomic E-state index is 0.0359. The molecule has 0 aliphatic heterocycles. The number of anilines is 2. The van der Waals surface area contributed by atoms with Crippen molar-refractivity contribution < 1.29 is 5.06 Å². The third-order valence-electron chi connectivity index (χ3n) is 4.30. The summed E-state index contributed by atoms with van der Waals surface area (Å²) >= 11 is 0. The third kappa shape index (κ3) is 3.37. The maximum atomic E-state index is 12.7. The summed E-state index contributed by atoms with van der Waals surface area (Å²) in [4.78, 5) is 22.6. The van der Waals surface area contributed by atoms with Gasteiger partial charge in [0, 0.05) is 57.5 Å². The number of rotatable bonds is 5. The van der Waals surface area contributed by atoms with Gasteiger partial charge < -0.3 is 20.5 Å². The summed E-state index contributed by atoms with van der Waals surface area (Å²) in [5.41, 5.74) is 2.59. The van der Waals surface area contributed by atoms with Crippen molar-refractivity contribution in [1.29, 1.82) is 0 Å². The van der Waals surface area contributed by atoms with Gasteiger partial charge in [0.1, 0.15) is 23.6 Å². The Balaban J connectivity index is 1.99. The molecule has 0 bridgehead atoms. The summed E-state index contributed by atoms with van der Waals surface area (Å²) in [6.45, 7) is 0.132. The molecule has 1 unspecified atom stereocenters. The van der Waals surface area contributed by atoms with Gasteiger partial charge in [-0.15, -0.1) is 0 Å². The van der Waals surface area contributed by atoms with Gasteiger partial charge in [-0.05, 0) is 18.2 Å². The van der Waals surface area contributed by atoms with Crippen LogP contribution in [0.2, 0.25) is 0 Å². The quantitative estimate of drug-likeness (QED) is 0.654. The van der Waals surface area contributed by atoms with Crippen molar-refractivity contribution in [2.75, 3.05) is 31.4 Å². The predicted octanol–water partition coefficient (Wildman–Crippen LogP) is 0.651. The van der Waals surface area contributed by atoms with E-state index in [1.165, 1.54) is 10.6 Å². The second-order valence-electron chi connectivity index (χ2n) is 6.25. The van der Waals surface area contributed by atoms with Gasteiger partial charge in [-0.1, -0.05) is 0 Å². The van der Waals surface area contributed by atoms with E-state index in [0.29, 0.717) is 28.4 Å². The zero-order chi connectivity index (χ0) is 18.8. The van der Waals surface area contributed by atoms with Crippen molar-refractivity contribution in [3.8, 4) is 0 Å². The monoisotopic (exact) mass is 354 g/mol. The average Bonchev–Trinajstić information content (AvgIpc) is 2.64. The number of pyridine rings is 1. The minimum Gasteiger partial charge on any atom is -0.629 e. The van der Waals surface area contributed by atoms with Gasteiger partial charge in [0.25, 0.3) is 5.56 Å². The maximum Gasteiger partial charge on any atom is 0.251 e. The largest absolute Gasteiger partial charge is 0.629 e. The zero-order valence-corrected chi connectivity index (χ0v) is 15.3. The Hall–Kier alpha value is -2.97. The van der Waals surface area contributed by atoms with E-state index in [2.05, 4.69) is 15.3 Å². The first kappa shape index (κ1) is 17.8. The van der Waals surface area contributed by atoms with E-state index in [1.54, 1.807) is 20.2 Å². The molecular formula is C18H22N6O2. The summed E-state index contributed by atoms with van der Waals surface area (Å²) in [6, 6.07) is 10.6. The molecule has 0 amide bonds. The molecule has 0 aliphatic carbocycles. The summed E-state index contributed by atoms with van der Waals surface area (Å²) in [7, 11) is 7.26. The van der Waals surface area contributed by atoms with Gasteiger partial charge in [0.2, 0.25) is 5.95 Å². The molecule has 26 heavy (non-hydrogen) atoms. The molecule has 2 N–H and O–H groups in total. The van der Waals surface area contributed by atoms with Crippen molar-refractivity contribution in [1.82, 2.24) is 14.5 Å². The lowest BCUT2D eigenvalue weighted by molar-refractivity contribution is -0.792. The van der Waals surface area contributed by atoms with Crippen LogP contribution >= 0.6 is 0 Å². The fraction of sp³-hybridized carbons (Fsp3) is 0.278. The molecule has 136 valence electrons.